The first-order valence-corrected chi connectivity index (χ1v) is 11.5. The maximum absolute atomic E-state index is 12.4. The molecule has 0 fully saturated rings. The SMILES string of the molecule is COc1ccc(CC(CCC(C)C)NC(=O)OC(C)(C)C)cc1OCCc1ccccc1. The number of hydrogen-bond acceptors (Lipinski definition) is 4. The van der Waals surface area contributed by atoms with Gasteiger partial charge in [0.05, 0.1) is 13.7 Å². The molecule has 0 aromatic heterocycles. The third-order valence-electron chi connectivity index (χ3n) is 5.01. The second-order valence-corrected chi connectivity index (χ2v) is 9.59. The Kier molecular flexibility index (Phi) is 9.89. The molecule has 0 saturated heterocycles. The summed E-state index contributed by atoms with van der Waals surface area (Å²) in [7, 11) is 1.65. The lowest BCUT2D eigenvalue weighted by Crippen LogP contribution is -2.40. The summed E-state index contributed by atoms with van der Waals surface area (Å²) in [6.45, 7) is 10.6. The average molecular weight is 442 g/mol. The van der Waals surface area contributed by atoms with Crippen LogP contribution >= 0.6 is 0 Å². The normalized spacial score (nSPS) is 12.3. The van der Waals surface area contributed by atoms with Crippen LogP contribution in [0.15, 0.2) is 48.5 Å². The molecule has 1 unspecified atom stereocenters. The number of carbonyl (C=O) groups is 1. The van der Waals surface area contributed by atoms with Crippen molar-refractivity contribution in [2.75, 3.05) is 13.7 Å². The zero-order valence-electron chi connectivity index (χ0n) is 20.4. The Balaban J connectivity index is 2.06. The van der Waals surface area contributed by atoms with Gasteiger partial charge in [0.2, 0.25) is 0 Å². The molecule has 1 atom stereocenters. The summed E-state index contributed by atoms with van der Waals surface area (Å²) >= 11 is 0. The van der Waals surface area contributed by atoms with Crippen molar-refractivity contribution < 1.29 is 19.0 Å². The van der Waals surface area contributed by atoms with E-state index < -0.39 is 5.60 Å². The Hall–Kier alpha value is -2.69. The highest BCUT2D eigenvalue weighted by atomic mass is 16.6. The van der Waals surface area contributed by atoms with Gasteiger partial charge in [0.25, 0.3) is 0 Å². The number of nitrogens with one attached hydrogen (secondary N) is 1. The molecular weight excluding hydrogens is 402 g/mol. The highest BCUT2D eigenvalue weighted by Crippen LogP contribution is 2.29. The maximum atomic E-state index is 12.4. The maximum Gasteiger partial charge on any atom is 0.407 e. The van der Waals surface area contributed by atoms with E-state index in [9.17, 15) is 4.79 Å². The first-order chi connectivity index (χ1) is 15.2. The summed E-state index contributed by atoms with van der Waals surface area (Å²) in [5.41, 5.74) is 1.80. The minimum absolute atomic E-state index is 0.0159. The summed E-state index contributed by atoms with van der Waals surface area (Å²) < 4.78 is 17.0. The van der Waals surface area contributed by atoms with Crippen molar-refractivity contribution in [1.29, 1.82) is 0 Å². The van der Waals surface area contributed by atoms with Gasteiger partial charge in [0, 0.05) is 12.5 Å². The number of rotatable bonds is 11. The van der Waals surface area contributed by atoms with Crippen LogP contribution in [0.2, 0.25) is 0 Å². The number of benzene rings is 2. The van der Waals surface area contributed by atoms with E-state index in [2.05, 4.69) is 31.3 Å². The highest BCUT2D eigenvalue weighted by molar-refractivity contribution is 5.68. The fourth-order valence-electron chi connectivity index (χ4n) is 3.40. The molecule has 0 heterocycles. The van der Waals surface area contributed by atoms with Gasteiger partial charge in [-0.1, -0.05) is 50.2 Å². The van der Waals surface area contributed by atoms with Crippen LogP contribution < -0.4 is 14.8 Å². The molecule has 176 valence electrons. The van der Waals surface area contributed by atoms with Gasteiger partial charge >= 0.3 is 6.09 Å². The van der Waals surface area contributed by atoms with E-state index in [1.807, 2.05) is 57.2 Å². The van der Waals surface area contributed by atoms with Crippen molar-refractivity contribution in [3.05, 3.63) is 59.7 Å². The number of ether oxygens (including phenoxy) is 3. The van der Waals surface area contributed by atoms with E-state index in [0.29, 0.717) is 24.7 Å². The summed E-state index contributed by atoms with van der Waals surface area (Å²) in [6, 6.07) is 16.2. The zero-order valence-corrected chi connectivity index (χ0v) is 20.4. The molecule has 32 heavy (non-hydrogen) atoms. The van der Waals surface area contributed by atoms with E-state index in [4.69, 9.17) is 14.2 Å². The van der Waals surface area contributed by atoms with Crippen molar-refractivity contribution in [3.63, 3.8) is 0 Å². The number of hydrogen-bond donors (Lipinski definition) is 1. The predicted octanol–water partition coefficient (Wildman–Crippen LogP) is 6.19. The fraction of sp³-hybridized carbons (Fsp3) is 0.519. The third kappa shape index (κ3) is 9.63. The smallest absolute Gasteiger partial charge is 0.407 e. The molecule has 2 aromatic rings. The van der Waals surface area contributed by atoms with Crippen molar-refractivity contribution in [2.24, 2.45) is 5.92 Å². The van der Waals surface area contributed by atoms with Crippen LogP contribution in [0.25, 0.3) is 0 Å². The van der Waals surface area contributed by atoms with Crippen LogP contribution in [-0.2, 0) is 17.6 Å². The molecule has 2 rings (SSSR count). The van der Waals surface area contributed by atoms with Crippen molar-refractivity contribution >= 4 is 6.09 Å². The molecule has 0 aliphatic rings. The summed E-state index contributed by atoms with van der Waals surface area (Å²) in [5.74, 6) is 1.99. The lowest BCUT2D eigenvalue weighted by Gasteiger charge is -2.24. The van der Waals surface area contributed by atoms with Gasteiger partial charge < -0.3 is 19.5 Å². The van der Waals surface area contributed by atoms with Crippen molar-refractivity contribution in [2.45, 2.75) is 71.9 Å². The molecule has 0 aliphatic carbocycles. The van der Waals surface area contributed by atoms with E-state index in [-0.39, 0.29) is 12.1 Å². The van der Waals surface area contributed by atoms with Gasteiger partial charge in [0.1, 0.15) is 5.60 Å². The lowest BCUT2D eigenvalue weighted by atomic mass is 9.97. The Bertz CT molecular complexity index is 827. The number of alkyl carbamates (subject to hydrolysis) is 1. The van der Waals surface area contributed by atoms with Crippen LogP contribution in [0.5, 0.6) is 11.5 Å². The molecule has 0 spiro atoms. The largest absolute Gasteiger partial charge is 0.493 e. The van der Waals surface area contributed by atoms with Gasteiger partial charge in [-0.25, -0.2) is 4.79 Å². The minimum atomic E-state index is -0.521. The Labute approximate surface area is 193 Å². The monoisotopic (exact) mass is 441 g/mol. The Morgan fingerprint density at radius 2 is 1.69 bits per heavy atom. The number of methoxy groups -OCH3 is 1. The van der Waals surface area contributed by atoms with Crippen molar-refractivity contribution in [3.8, 4) is 11.5 Å². The third-order valence-corrected chi connectivity index (χ3v) is 5.01. The van der Waals surface area contributed by atoms with Crippen LogP contribution in [-0.4, -0.2) is 31.5 Å². The highest BCUT2D eigenvalue weighted by Gasteiger charge is 2.20. The molecule has 0 saturated carbocycles. The summed E-state index contributed by atoms with van der Waals surface area (Å²) in [4.78, 5) is 12.4. The van der Waals surface area contributed by atoms with E-state index in [1.165, 1.54) is 5.56 Å². The van der Waals surface area contributed by atoms with Gasteiger partial charge in [-0.3, -0.25) is 0 Å². The molecule has 2 aromatic carbocycles. The molecule has 5 heteroatoms. The van der Waals surface area contributed by atoms with Crippen LogP contribution in [0.1, 0.15) is 58.6 Å². The molecule has 0 bridgehead atoms. The number of amides is 1. The van der Waals surface area contributed by atoms with E-state index in [0.717, 1.165) is 30.6 Å². The van der Waals surface area contributed by atoms with Crippen LogP contribution in [0.3, 0.4) is 0 Å². The Morgan fingerprint density at radius 1 is 0.969 bits per heavy atom. The van der Waals surface area contributed by atoms with Gasteiger partial charge in [-0.05, 0) is 69.2 Å². The predicted molar refractivity (Wildman–Crippen MR) is 130 cm³/mol. The van der Waals surface area contributed by atoms with E-state index >= 15 is 0 Å². The summed E-state index contributed by atoms with van der Waals surface area (Å²) in [6.07, 6.45) is 3.06. The first kappa shape index (κ1) is 25.6. The van der Waals surface area contributed by atoms with Gasteiger partial charge in [0.15, 0.2) is 11.5 Å². The first-order valence-electron chi connectivity index (χ1n) is 11.5. The standard InChI is InChI=1S/C27H39NO4/c1-20(2)12-14-23(28-26(29)32-27(3,4)5)18-22-13-15-24(30-6)25(19-22)31-17-16-21-10-8-7-9-11-21/h7-11,13,15,19-20,23H,12,14,16-18H2,1-6H3,(H,28,29). The summed E-state index contributed by atoms with van der Waals surface area (Å²) in [5, 5.41) is 3.06. The average Bonchev–Trinajstić information content (AvgIpc) is 2.71. The topological polar surface area (TPSA) is 56.8 Å². The lowest BCUT2D eigenvalue weighted by molar-refractivity contribution is 0.0500. The van der Waals surface area contributed by atoms with Gasteiger partial charge in [-0.15, -0.1) is 0 Å². The zero-order chi connectivity index (χ0) is 23.6. The second kappa shape index (κ2) is 12.4. The second-order valence-electron chi connectivity index (χ2n) is 9.59. The minimum Gasteiger partial charge on any atom is -0.493 e. The van der Waals surface area contributed by atoms with Gasteiger partial charge in [-0.2, -0.15) is 0 Å². The van der Waals surface area contributed by atoms with Crippen LogP contribution in [0, 0.1) is 5.92 Å². The quantitative estimate of drug-likeness (QED) is 0.452. The fourth-order valence-corrected chi connectivity index (χ4v) is 3.40. The molecular formula is C27H39NO4. The van der Waals surface area contributed by atoms with Crippen molar-refractivity contribution in [1.82, 2.24) is 5.32 Å². The molecule has 1 N–H and O–H groups in total. The van der Waals surface area contributed by atoms with Crippen LogP contribution in [0.4, 0.5) is 4.79 Å². The Morgan fingerprint density at radius 3 is 2.31 bits per heavy atom. The van der Waals surface area contributed by atoms with E-state index in [1.54, 1.807) is 7.11 Å². The molecule has 0 radical (unpaired) electrons. The number of carbonyl (C=O) groups excluding carboxylic acids is 1. The molecule has 5 nitrogen and oxygen atoms in total. The molecule has 1 amide bonds. The molecule has 0 aliphatic heterocycles.